The summed E-state index contributed by atoms with van der Waals surface area (Å²) in [5.41, 5.74) is 3.17. The normalized spacial score (nSPS) is 10.6. The number of aryl methyl sites for hydroxylation is 1. The number of nitrogens with zero attached hydrogens (tertiary/aromatic N) is 2. The summed E-state index contributed by atoms with van der Waals surface area (Å²) in [7, 11) is 1.31. The van der Waals surface area contributed by atoms with Gasteiger partial charge in [0.05, 0.1) is 23.9 Å². The molecule has 8 nitrogen and oxygen atoms in total. The Labute approximate surface area is 143 Å². The number of ether oxygens (including phenoxy) is 1. The predicted molar refractivity (Wildman–Crippen MR) is 92.6 cm³/mol. The molecule has 0 saturated heterocycles. The number of esters is 1. The van der Waals surface area contributed by atoms with Crippen LogP contribution in [0.25, 0.3) is 11.0 Å². The fourth-order valence-corrected chi connectivity index (χ4v) is 2.50. The van der Waals surface area contributed by atoms with Crippen molar-refractivity contribution in [1.82, 2.24) is 9.97 Å². The number of aromatic amines is 1. The molecule has 2 N–H and O–H groups in total. The standard InChI is InChI=1S/C17H16N4O4/c1-10-3-4-11(5-15(10)21(23)24)8-18-13-6-12-7-14(17(22)25-2)20-16(12)19-9-13/h3-7,9,18H,8H2,1-2H3,(H,19,20). The van der Waals surface area contributed by atoms with Crippen LogP contribution in [0.1, 0.15) is 21.6 Å². The second-order valence-electron chi connectivity index (χ2n) is 5.57. The number of nitrogens with one attached hydrogen (secondary N) is 2. The maximum Gasteiger partial charge on any atom is 0.354 e. The number of carbonyl (C=O) groups is 1. The monoisotopic (exact) mass is 340 g/mol. The highest BCUT2D eigenvalue weighted by Gasteiger charge is 2.12. The topological polar surface area (TPSA) is 110 Å². The number of nitro groups is 1. The van der Waals surface area contributed by atoms with Crippen LogP contribution in [0.4, 0.5) is 11.4 Å². The molecule has 0 bridgehead atoms. The molecule has 0 atom stereocenters. The minimum absolute atomic E-state index is 0.0984. The van der Waals surface area contributed by atoms with E-state index in [0.29, 0.717) is 23.4 Å². The van der Waals surface area contributed by atoms with Gasteiger partial charge >= 0.3 is 5.97 Å². The van der Waals surface area contributed by atoms with Crippen molar-refractivity contribution in [3.05, 3.63) is 63.5 Å². The highest BCUT2D eigenvalue weighted by Crippen LogP contribution is 2.21. The number of methoxy groups -OCH3 is 1. The lowest BCUT2D eigenvalue weighted by molar-refractivity contribution is -0.385. The molecule has 0 spiro atoms. The second-order valence-corrected chi connectivity index (χ2v) is 5.57. The smallest absolute Gasteiger partial charge is 0.354 e. The summed E-state index contributed by atoms with van der Waals surface area (Å²) >= 11 is 0. The van der Waals surface area contributed by atoms with Crippen molar-refractivity contribution in [3.8, 4) is 0 Å². The lowest BCUT2D eigenvalue weighted by atomic mass is 10.1. The lowest BCUT2D eigenvalue weighted by Gasteiger charge is -2.07. The minimum atomic E-state index is -0.459. The summed E-state index contributed by atoms with van der Waals surface area (Å²) < 4.78 is 4.67. The van der Waals surface area contributed by atoms with Gasteiger partial charge in [-0.15, -0.1) is 0 Å². The number of H-pyrrole nitrogens is 1. The molecule has 25 heavy (non-hydrogen) atoms. The molecule has 0 unspecified atom stereocenters. The van der Waals surface area contributed by atoms with Gasteiger partial charge in [-0.3, -0.25) is 10.1 Å². The van der Waals surface area contributed by atoms with Gasteiger partial charge in [0, 0.05) is 23.6 Å². The van der Waals surface area contributed by atoms with E-state index in [9.17, 15) is 14.9 Å². The third kappa shape index (κ3) is 3.42. The third-order valence-corrected chi connectivity index (χ3v) is 3.84. The zero-order valence-corrected chi connectivity index (χ0v) is 13.7. The molecule has 0 saturated carbocycles. The van der Waals surface area contributed by atoms with Crippen molar-refractivity contribution >= 4 is 28.4 Å². The summed E-state index contributed by atoms with van der Waals surface area (Å²) in [6.07, 6.45) is 1.63. The van der Waals surface area contributed by atoms with Crippen molar-refractivity contribution in [2.24, 2.45) is 0 Å². The molecule has 3 aromatic rings. The highest BCUT2D eigenvalue weighted by molar-refractivity contribution is 5.94. The first-order valence-electron chi connectivity index (χ1n) is 7.53. The van der Waals surface area contributed by atoms with Crippen molar-refractivity contribution in [2.45, 2.75) is 13.5 Å². The number of benzene rings is 1. The maximum absolute atomic E-state index is 11.5. The summed E-state index contributed by atoms with van der Waals surface area (Å²) in [4.78, 5) is 29.3. The van der Waals surface area contributed by atoms with E-state index in [1.54, 1.807) is 31.3 Å². The van der Waals surface area contributed by atoms with Gasteiger partial charge in [0.1, 0.15) is 11.3 Å². The molecule has 0 fully saturated rings. The van der Waals surface area contributed by atoms with E-state index in [1.807, 2.05) is 12.1 Å². The van der Waals surface area contributed by atoms with Crippen LogP contribution in [0.3, 0.4) is 0 Å². The van der Waals surface area contributed by atoms with Crippen LogP contribution in [-0.2, 0) is 11.3 Å². The van der Waals surface area contributed by atoms with Crippen LogP contribution < -0.4 is 5.32 Å². The molecular weight excluding hydrogens is 324 g/mol. The molecular formula is C17H16N4O4. The fourth-order valence-electron chi connectivity index (χ4n) is 2.50. The summed E-state index contributed by atoms with van der Waals surface area (Å²) in [6.45, 7) is 2.13. The number of fused-ring (bicyclic) bond motifs is 1. The maximum atomic E-state index is 11.5. The molecule has 3 rings (SSSR count). The van der Waals surface area contributed by atoms with Gasteiger partial charge in [-0.2, -0.15) is 0 Å². The van der Waals surface area contributed by atoms with Gasteiger partial charge in [-0.25, -0.2) is 9.78 Å². The largest absolute Gasteiger partial charge is 0.464 e. The lowest BCUT2D eigenvalue weighted by Crippen LogP contribution is -2.01. The average molecular weight is 340 g/mol. The van der Waals surface area contributed by atoms with Crippen LogP contribution in [0.2, 0.25) is 0 Å². The van der Waals surface area contributed by atoms with Crippen molar-refractivity contribution in [1.29, 1.82) is 0 Å². The Morgan fingerprint density at radius 3 is 2.88 bits per heavy atom. The van der Waals surface area contributed by atoms with E-state index in [1.165, 1.54) is 7.11 Å². The minimum Gasteiger partial charge on any atom is -0.464 e. The van der Waals surface area contributed by atoms with E-state index >= 15 is 0 Å². The van der Waals surface area contributed by atoms with Gasteiger partial charge < -0.3 is 15.0 Å². The zero-order valence-electron chi connectivity index (χ0n) is 13.7. The Hall–Kier alpha value is -3.42. The molecule has 8 heteroatoms. The Balaban J connectivity index is 1.78. The van der Waals surface area contributed by atoms with Crippen LogP contribution in [0, 0.1) is 17.0 Å². The summed E-state index contributed by atoms with van der Waals surface area (Å²) in [5.74, 6) is -0.459. The second kappa shape index (κ2) is 6.60. The average Bonchev–Trinajstić information content (AvgIpc) is 3.03. The van der Waals surface area contributed by atoms with E-state index in [2.05, 4.69) is 20.0 Å². The Morgan fingerprint density at radius 1 is 1.36 bits per heavy atom. The highest BCUT2D eigenvalue weighted by atomic mass is 16.6. The number of hydrogen-bond donors (Lipinski definition) is 2. The number of aromatic nitrogens is 2. The Morgan fingerprint density at radius 2 is 2.16 bits per heavy atom. The summed E-state index contributed by atoms with van der Waals surface area (Å²) in [5, 5.41) is 15.0. The predicted octanol–water partition coefficient (Wildman–Crippen LogP) is 3.18. The first-order valence-corrected chi connectivity index (χ1v) is 7.53. The molecule has 0 radical (unpaired) electrons. The molecule has 2 heterocycles. The first kappa shape index (κ1) is 16.4. The van der Waals surface area contributed by atoms with E-state index < -0.39 is 5.97 Å². The number of pyridine rings is 1. The Kier molecular flexibility index (Phi) is 4.34. The van der Waals surface area contributed by atoms with Gasteiger partial charge in [-0.05, 0) is 24.6 Å². The number of carbonyl (C=O) groups excluding carboxylic acids is 1. The van der Waals surface area contributed by atoms with Crippen LogP contribution >= 0.6 is 0 Å². The van der Waals surface area contributed by atoms with E-state index in [0.717, 1.165) is 16.6 Å². The molecule has 2 aromatic heterocycles. The van der Waals surface area contributed by atoms with Crippen molar-refractivity contribution in [3.63, 3.8) is 0 Å². The molecule has 1 aromatic carbocycles. The van der Waals surface area contributed by atoms with Gasteiger partial charge in [0.25, 0.3) is 5.69 Å². The quantitative estimate of drug-likeness (QED) is 0.419. The zero-order chi connectivity index (χ0) is 18.0. The van der Waals surface area contributed by atoms with Crippen molar-refractivity contribution in [2.75, 3.05) is 12.4 Å². The molecule has 128 valence electrons. The van der Waals surface area contributed by atoms with Crippen molar-refractivity contribution < 1.29 is 14.5 Å². The molecule has 0 amide bonds. The van der Waals surface area contributed by atoms with Gasteiger partial charge in [0.15, 0.2) is 0 Å². The van der Waals surface area contributed by atoms with Crippen LogP contribution in [0.5, 0.6) is 0 Å². The van der Waals surface area contributed by atoms with Gasteiger partial charge in [-0.1, -0.05) is 12.1 Å². The SMILES string of the molecule is COC(=O)c1cc2cc(NCc3ccc(C)c([N+](=O)[O-])c3)cnc2[nH]1. The number of hydrogen-bond acceptors (Lipinski definition) is 6. The van der Waals surface area contributed by atoms with E-state index in [4.69, 9.17) is 0 Å². The number of rotatable bonds is 5. The number of nitro benzene ring substituents is 1. The number of anilines is 1. The Bertz CT molecular complexity index is 964. The summed E-state index contributed by atoms with van der Waals surface area (Å²) in [6, 6.07) is 8.63. The molecule has 0 aliphatic carbocycles. The van der Waals surface area contributed by atoms with E-state index in [-0.39, 0.29) is 10.6 Å². The molecule has 0 aliphatic heterocycles. The first-order chi connectivity index (χ1) is 12.0. The third-order valence-electron chi connectivity index (χ3n) is 3.84. The van der Waals surface area contributed by atoms with Crippen LogP contribution in [-0.4, -0.2) is 28.0 Å². The molecule has 0 aliphatic rings. The fraction of sp³-hybridized carbons (Fsp3) is 0.176. The van der Waals surface area contributed by atoms with Gasteiger partial charge in [0.2, 0.25) is 0 Å². The van der Waals surface area contributed by atoms with Crippen LogP contribution in [0.15, 0.2) is 36.5 Å².